The van der Waals surface area contributed by atoms with Gasteiger partial charge in [-0.25, -0.2) is 0 Å². The topological polar surface area (TPSA) is 32.3 Å². The summed E-state index contributed by atoms with van der Waals surface area (Å²) >= 11 is 1.78. The summed E-state index contributed by atoms with van der Waals surface area (Å²) in [7, 11) is 0. The van der Waals surface area contributed by atoms with Crippen molar-refractivity contribution in [1.82, 2.24) is 5.32 Å². The third kappa shape index (κ3) is 3.80. The highest BCUT2D eigenvalue weighted by Crippen LogP contribution is 2.50. The van der Waals surface area contributed by atoms with Gasteiger partial charge < -0.3 is 10.4 Å². The minimum absolute atomic E-state index is 0.130. The molecule has 108 valence electrons. The fourth-order valence-corrected chi connectivity index (χ4v) is 4.94. The Morgan fingerprint density at radius 1 is 1.16 bits per heavy atom. The van der Waals surface area contributed by atoms with Crippen molar-refractivity contribution < 1.29 is 5.11 Å². The summed E-state index contributed by atoms with van der Waals surface area (Å²) in [4.78, 5) is 1.34. The summed E-state index contributed by atoms with van der Waals surface area (Å²) in [6, 6.07) is 4.24. The zero-order valence-corrected chi connectivity index (χ0v) is 13.4. The van der Waals surface area contributed by atoms with Crippen LogP contribution in [-0.2, 0) is 6.54 Å². The van der Waals surface area contributed by atoms with Gasteiger partial charge >= 0.3 is 0 Å². The Hall–Kier alpha value is -0.380. The van der Waals surface area contributed by atoms with Crippen LogP contribution in [-0.4, -0.2) is 17.3 Å². The zero-order valence-electron chi connectivity index (χ0n) is 12.6. The molecule has 2 N–H and O–H groups in total. The van der Waals surface area contributed by atoms with E-state index in [2.05, 4.69) is 50.5 Å². The predicted octanol–water partition coefficient (Wildman–Crippen LogP) is 3.81. The first kappa shape index (κ1) is 15.0. The lowest BCUT2D eigenvalue weighted by Crippen LogP contribution is -2.57. The molecule has 2 nitrogen and oxygen atoms in total. The molecule has 1 aromatic rings. The lowest BCUT2D eigenvalue weighted by Gasteiger charge is -2.52. The van der Waals surface area contributed by atoms with Crippen molar-refractivity contribution in [2.24, 2.45) is 10.8 Å². The van der Waals surface area contributed by atoms with E-state index >= 15 is 0 Å². The number of aliphatic hydroxyl groups excluding tert-OH is 1. The molecule has 1 aromatic heterocycles. The molecule has 1 aliphatic rings. The van der Waals surface area contributed by atoms with E-state index in [1.54, 1.807) is 11.3 Å². The predicted molar refractivity (Wildman–Crippen MR) is 82.4 cm³/mol. The monoisotopic (exact) mass is 281 g/mol. The molecule has 0 saturated heterocycles. The smallest absolute Gasteiger partial charge is 0.0613 e. The summed E-state index contributed by atoms with van der Waals surface area (Å²) < 4.78 is 0. The number of aliphatic hydroxyl groups is 1. The van der Waals surface area contributed by atoms with Gasteiger partial charge in [0.1, 0.15) is 0 Å². The van der Waals surface area contributed by atoms with Crippen molar-refractivity contribution in [2.45, 2.75) is 59.0 Å². The highest BCUT2D eigenvalue weighted by Gasteiger charge is 2.46. The molecule has 1 aliphatic carbocycles. The van der Waals surface area contributed by atoms with Gasteiger partial charge in [0.25, 0.3) is 0 Å². The van der Waals surface area contributed by atoms with Gasteiger partial charge in [-0.05, 0) is 41.5 Å². The molecule has 3 heteroatoms. The quantitative estimate of drug-likeness (QED) is 0.879. The molecule has 0 bridgehead atoms. The van der Waals surface area contributed by atoms with E-state index in [-0.39, 0.29) is 23.0 Å². The Labute approximate surface area is 121 Å². The van der Waals surface area contributed by atoms with Crippen LogP contribution in [0.1, 0.15) is 51.8 Å². The van der Waals surface area contributed by atoms with Crippen LogP contribution in [0.5, 0.6) is 0 Å². The molecule has 1 saturated carbocycles. The molecule has 1 heterocycles. The van der Waals surface area contributed by atoms with Crippen LogP contribution in [0.4, 0.5) is 0 Å². The fraction of sp³-hybridized carbons (Fsp3) is 0.750. The zero-order chi connectivity index (χ0) is 14.1. The van der Waals surface area contributed by atoms with Crippen LogP contribution in [0, 0.1) is 10.8 Å². The Bertz CT molecular complexity index is 392. The number of rotatable bonds is 4. The Morgan fingerprint density at radius 2 is 1.79 bits per heavy atom. The molecule has 0 spiro atoms. The first-order valence-electron chi connectivity index (χ1n) is 7.14. The summed E-state index contributed by atoms with van der Waals surface area (Å²) in [5.74, 6) is 0. The summed E-state index contributed by atoms with van der Waals surface area (Å²) in [6.07, 6.45) is 3.32. The average Bonchev–Trinajstić information content (AvgIpc) is 2.75. The summed E-state index contributed by atoms with van der Waals surface area (Å²) in [5, 5.41) is 15.7. The normalized spacial score (nSPS) is 24.3. The highest BCUT2D eigenvalue weighted by molar-refractivity contribution is 7.09. The van der Waals surface area contributed by atoms with Gasteiger partial charge in [0, 0.05) is 17.0 Å². The Kier molecular flexibility index (Phi) is 4.10. The lowest BCUT2D eigenvalue weighted by atomic mass is 9.58. The second-order valence-electron chi connectivity index (χ2n) is 7.73. The standard InChI is InChI=1S/C16H27NOS/c1-14(2)9-15(3,4)11-16(10-14,12-18)17-8-13-6-5-7-19-13/h5-7,17-18H,8-12H2,1-4H3. The van der Waals surface area contributed by atoms with Gasteiger partial charge in [-0.2, -0.15) is 0 Å². The third-order valence-corrected chi connectivity index (χ3v) is 4.99. The van der Waals surface area contributed by atoms with Gasteiger partial charge in [0.15, 0.2) is 0 Å². The average molecular weight is 281 g/mol. The first-order valence-corrected chi connectivity index (χ1v) is 8.02. The van der Waals surface area contributed by atoms with E-state index in [0.717, 1.165) is 19.4 Å². The number of nitrogens with one attached hydrogen (secondary N) is 1. The van der Waals surface area contributed by atoms with Crippen molar-refractivity contribution in [2.75, 3.05) is 6.61 Å². The second-order valence-corrected chi connectivity index (χ2v) is 8.76. The second kappa shape index (κ2) is 5.19. The van der Waals surface area contributed by atoms with E-state index in [9.17, 15) is 5.11 Å². The van der Waals surface area contributed by atoms with Crippen LogP contribution in [0.25, 0.3) is 0 Å². The molecule has 0 aliphatic heterocycles. The molecule has 0 amide bonds. The van der Waals surface area contributed by atoms with Crippen molar-refractivity contribution in [3.8, 4) is 0 Å². The molecular weight excluding hydrogens is 254 g/mol. The van der Waals surface area contributed by atoms with Crippen molar-refractivity contribution in [3.63, 3.8) is 0 Å². The van der Waals surface area contributed by atoms with Gasteiger partial charge in [0.2, 0.25) is 0 Å². The van der Waals surface area contributed by atoms with Gasteiger partial charge in [-0.1, -0.05) is 33.8 Å². The number of hydrogen-bond donors (Lipinski definition) is 2. The maximum Gasteiger partial charge on any atom is 0.0613 e. The molecule has 0 atom stereocenters. The van der Waals surface area contributed by atoms with E-state index in [0.29, 0.717) is 0 Å². The summed E-state index contributed by atoms with van der Waals surface area (Å²) in [6.45, 7) is 10.4. The van der Waals surface area contributed by atoms with E-state index in [1.807, 2.05) is 0 Å². The molecule has 0 radical (unpaired) electrons. The Morgan fingerprint density at radius 3 is 2.26 bits per heavy atom. The van der Waals surface area contributed by atoms with Crippen LogP contribution >= 0.6 is 11.3 Å². The van der Waals surface area contributed by atoms with Crippen LogP contribution in [0.2, 0.25) is 0 Å². The van der Waals surface area contributed by atoms with Crippen LogP contribution < -0.4 is 5.32 Å². The molecule has 19 heavy (non-hydrogen) atoms. The highest BCUT2D eigenvalue weighted by atomic mass is 32.1. The lowest BCUT2D eigenvalue weighted by molar-refractivity contribution is -0.00394. The SMILES string of the molecule is CC1(C)CC(C)(C)CC(CO)(NCc2cccs2)C1. The fourth-order valence-electron chi connectivity index (χ4n) is 4.30. The minimum Gasteiger partial charge on any atom is -0.394 e. The largest absolute Gasteiger partial charge is 0.394 e. The minimum atomic E-state index is -0.130. The third-order valence-electron chi connectivity index (χ3n) is 4.11. The maximum absolute atomic E-state index is 9.98. The van der Waals surface area contributed by atoms with E-state index in [4.69, 9.17) is 0 Å². The molecule has 0 aromatic carbocycles. The number of thiophene rings is 1. The van der Waals surface area contributed by atoms with Crippen molar-refractivity contribution in [3.05, 3.63) is 22.4 Å². The molecule has 0 unspecified atom stereocenters. The van der Waals surface area contributed by atoms with Crippen LogP contribution in [0.15, 0.2) is 17.5 Å². The molecule has 2 rings (SSSR count). The van der Waals surface area contributed by atoms with Crippen LogP contribution in [0.3, 0.4) is 0 Å². The molecule has 1 fully saturated rings. The van der Waals surface area contributed by atoms with Gasteiger partial charge in [-0.15, -0.1) is 11.3 Å². The number of hydrogen-bond acceptors (Lipinski definition) is 3. The summed E-state index contributed by atoms with van der Waals surface area (Å²) in [5.41, 5.74) is 0.440. The van der Waals surface area contributed by atoms with Gasteiger partial charge in [-0.3, -0.25) is 0 Å². The first-order chi connectivity index (χ1) is 8.76. The molecular formula is C16H27NOS. The van der Waals surface area contributed by atoms with Crippen molar-refractivity contribution >= 4 is 11.3 Å². The van der Waals surface area contributed by atoms with Crippen molar-refractivity contribution in [1.29, 1.82) is 0 Å². The van der Waals surface area contributed by atoms with E-state index in [1.165, 1.54) is 11.3 Å². The van der Waals surface area contributed by atoms with Gasteiger partial charge in [0.05, 0.1) is 6.61 Å². The maximum atomic E-state index is 9.98. The Balaban J connectivity index is 2.12. The van der Waals surface area contributed by atoms with E-state index < -0.39 is 0 Å².